The van der Waals surface area contributed by atoms with Crippen LogP contribution in [0.15, 0.2) is 35.3 Å². The Morgan fingerprint density at radius 1 is 1.39 bits per heavy atom. The van der Waals surface area contributed by atoms with E-state index in [0.29, 0.717) is 22.7 Å². The number of aromatic nitrogens is 3. The molecular weight excluding hydrogens is 319 g/mol. The van der Waals surface area contributed by atoms with Crippen LogP contribution in [0, 0.1) is 12.7 Å². The first-order chi connectivity index (χ1) is 10.9. The number of pyridine rings is 1. The van der Waals surface area contributed by atoms with E-state index in [4.69, 9.17) is 17.3 Å². The van der Waals surface area contributed by atoms with Crippen LogP contribution in [0.4, 0.5) is 4.39 Å². The Morgan fingerprint density at radius 3 is 2.83 bits per heavy atom. The zero-order chi connectivity index (χ0) is 16.7. The summed E-state index contributed by atoms with van der Waals surface area (Å²) in [7, 11) is 0. The number of benzene rings is 1. The van der Waals surface area contributed by atoms with Gasteiger partial charge in [0.15, 0.2) is 0 Å². The molecule has 3 rings (SSSR count). The zero-order valence-electron chi connectivity index (χ0n) is 12.5. The van der Waals surface area contributed by atoms with Crippen molar-refractivity contribution in [1.82, 2.24) is 14.5 Å². The van der Waals surface area contributed by atoms with Crippen molar-refractivity contribution in [2.24, 2.45) is 5.73 Å². The van der Waals surface area contributed by atoms with Crippen LogP contribution in [0.1, 0.15) is 24.5 Å². The standard InChI is InChI=1S/C16H14ClFN4O/c1-8(19)15-21-12-5-3-4-11(17)14(12)16(23)22(15)13-6-10(18)7-20-9(13)2/h3-8H,19H2,1-2H3/t8-/m0/s1. The molecule has 5 nitrogen and oxygen atoms in total. The van der Waals surface area contributed by atoms with Gasteiger partial charge in [-0.1, -0.05) is 17.7 Å². The Balaban J connectivity index is 2.50. The average Bonchev–Trinajstić information content (AvgIpc) is 2.49. The lowest BCUT2D eigenvalue weighted by molar-refractivity contribution is 0.615. The molecule has 2 heterocycles. The lowest BCUT2D eigenvalue weighted by Gasteiger charge is -2.17. The summed E-state index contributed by atoms with van der Waals surface area (Å²) in [4.78, 5) is 21.4. The van der Waals surface area contributed by atoms with Gasteiger partial charge in [-0.2, -0.15) is 0 Å². The minimum absolute atomic E-state index is 0.266. The summed E-state index contributed by atoms with van der Waals surface area (Å²) in [5, 5.41) is 0.550. The van der Waals surface area contributed by atoms with Gasteiger partial charge in [-0.05, 0) is 26.0 Å². The topological polar surface area (TPSA) is 73.8 Å². The quantitative estimate of drug-likeness (QED) is 0.783. The van der Waals surface area contributed by atoms with Gasteiger partial charge in [0.05, 0.1) is 39.5 Å². The van der Waals surface area contributed by atoms with Gasteiger partial charge in [-0.25, -0.2) is 9.37 Å². The predicted molar refractivity (Wildman–Crippen MR) is 87.4 cm³/mol. The Hall–Kier alpha value is -2.31. The lowest BCUT2D eigenvalue weighted by atomic mass is 10.2. The van der Waals surface area contributed by atoms with Gasteiger partial charge in [0.1, 0.15) is 11.6 Å². The maximum Gasteiger partial charge on any atom is 0.267 e. The van der Waals surface area contributed by atoms with Crippen molar-refractivity contribution < 1.29 is 4.39 Å². The molecule has 2 aromatic heterocycles. The molecule has 0 aliphatic carbocycles. The second-order valence-electron chi connectivity index (χ2n) is 5.29. The smallest absolute Gasteiger partial charge is 0.267 e. The van der Waals surface area contributed by atoms with E-state index in [1.807, 2.05) is 0 Å². The van der Waals surface area contributed by atoms with Gasteiger partial charge in [-0.15, -0.1) is 0 Å². The lowest BCUT2D eigenvalue weighted by Crippen LogP contribution is -2.28. The van der Waals surface area contributed by atoms with E-state index in [1.165, 1.54) is 10.6 Å². The van der Waals surface area contributed by atoms with Crippen LogP contribution in [0.2, 0.25) is 5.02 Å². The highest BCUT2D eigenvalue weighted by molar-refractivity contribution is 6.35. The minimum atomic E-state index is -0.549. The number of fused-ring (bicyclic) bond motifs is 1. The fourth-order valence-electron chi connectivity index (χ4n) is 2.47. The number of nitrogens with two attached hydrogens (primary N) is 1. The molecule has 23 heavy (non-hydrogen) atoms. The molecule has 0 saturated heterocycles. The summed E-state index contributed by atoms with van der Waals surface area (Å²) in [6.07, 6.45) is 1.09. The molecule has 0 aliphatic heterocycles. The molecular formula is C16H14ClFN4O. The molecule has 118 valence electrons. The van der Waals surface area contributed by atoms with E-state index >= 15 is 0 Å². The molecule has 0 radical (unpaired) electrons. The van der Waals surface area contributed by atoms with Gasteiger partial charge >= 0.3 is 0 Å². The zero-order valence-corrected chi connectivity index (χ0v) is 13.3. The number of aryl methyl sites for hydroxylation is 1. The van der Waals surface area contributed by atoms with Gasteiger partial charge in [0, 0.05) is 6.07 Å². The van der Waals surface area contributed by atoms with Crippen molar-refractivity contribution in [3.8, 4) is 5.69 Å². The molecule has 0 spiro atoms. The molecule has 0 fully saturated rings. The maximum atomic E-state index is 13.6. The van der Waals surface area contributed by atoms with Gasteiger partial charge in [0.2, 0.25) is 0 Å². The SMILES string of the molecule is Cc1ncc(F)cc1-n1c([C@H](C)N)nc2cccc(Cl)c2c1=O. The van der Waals surface area contributed by atoms with Crippen molar-refractivity contribution in [3.63, 3.8) is 0 Å². The first-order valence-electron chi connectivity index (χ1n) is 6.99. The Morgan fingerprint density at radius 2 is 2.13 bits per heavy atom. The number of nitrogens with zero attached hydrogens (tertiary/aromatic N) is 3. The third-order valence-corrected chi connectivity index (χ3v) is 3.86. The van der Waals surface area contributed by atoms with Crippen LogP contribution in [0.25, 0.3) is 16.6 Å². The molecule has 0 saturated carbocycles. The summed E-state index contributed by atoms with van der Waals surface area (Å²) < 4.78 is 14.9. The first kappa shape index (κ1) is 15.6. The molecule has 7 heteroatoms. The van der Waals surface area contributed by atoms with Gasteiger partial charge < -0.3 is 5.73 Å². The fraction of sp³-hybridized carbons (Fsp3) is 0.188. The molecule has 0 amide bonds. The number of halogens is 2. The van der Waals surface area contributed by atoms with E-state index in [-0.39, 0.29) is 10.4 Å². The molecule has 3 aromatic rings. The summed E-state index contributed by atoms with van der Waals surface area (Å²) in [6.45, 7) is 3.39. The number of rotatable bonds is 2. The third-order valence-electron chi connectivity index (χ3n) is 3.55. The molecule has 1 atom stereocenters. The van der Waals surface area contributed by atoms with Crippen LogP contribution in [-0.2, 0) is 0 Å². The Bertz CT molecular complexity index is 968. The van der Waals surface area contributed by atoms with Crippen LogP contribution in [-0.4, -0.2) is 14.5 Å². The van der Waals surface area contributed by atoms with Gasteiger partial charge in [0.25, 0.3) is 5.56 Å². The van der Waals surface area contributed by atoms with Crippen molar-refractivity contribution in [3.05, 3.63) is 63.2 Å². The maximum absolute atomic E-state index is 13.6. The third kappa shape index (κ3) is 2.60. The van der Waals surface area contributed by atoms with Crippen LogP contribution < -0.4 is 11.3 Å². The van der Waals surface area contributed by atoms with Crippen molar-refractivity contribution >= 4 is 22.5 Å². The summed E-state index contributed by atoms with van der Waals surface area (Å²) in [6, 6.07) is 5.71. The number of hydrogen-bond donors (Lipinski definition) is 1. The van der Waals surface area contributed by atoms with Crippen molar-refractivity contribution in [2.45, 2.75) is 19.9 Å². The van der Waals surface area contributed by atoms with E-state index in [2.05, 4.69) is 9.97 Å². The van der Waals surface area contributed by atoms with Crippen LogP contribution >= 0.6 is 11.6 Å². The highest BCUT2D eigenvalue weighted by atomic mass is 35.5. The van der Waals surface area contributed by atoms with Crippen LogP contribution in [0.3, 0.4) is 0 Å². The Kier molecular flexibility index (Phi) is 3.87. The minimum Gasteiger partial charge on any atom is -0.322 e. The van der Waals surface area contributed by atoms with Gasteiger partial charge in [-0.3, -0.25) is 14.3 Å². The first-order valence-corrected chi connectivity index (χ1v) is 7.37. The van der Waals surface area contributed by atoms with E-state index < -0.39 is 17.4 Å². The van der Waals surface area contributed by atoms with E-state index in [9.17, 15) is 9.18 Å². The summed E-state index contributed by atoms with van der Waals surface area (Å²) in [5.41, 5.74) is 6.81. The molecule has 1 aromatic carbocycles. The highest BCUT2D eigenvalue weighted by Crippen LogP contribution is 2.23. The van der Waals surface area contributed by atoms with Crippen molar-refractivity contribution in [1.29, 1.82) is 0 Å². The summed E-state index contributed by atoms with van der Waals surface area (Å²) >= 11 is 6.15. The summed E-state index contributed by atoms with van der Waals surface area (Å²) in [5.74, 6) is -0.229. The normalized spacial score (nSPS) is 12.6. The predicted octanol–water partition coefficient (Wildman–Crippen LogP) is 2.90. The van der Waals surface area contributed by atoms with Crippen LogP contribution in [0.5, 0.6) is 0 Å². The van der Waals surface area contributed by atoms with Crippen molar-refractivity contribution in [2.75, 3.05) is 0 Å². The average molecular weight is 333 g/mol. The molecule has 2 N–H and O–H groups in total. The highest BCUT2D eigenvalue weighted by Gasteiger charge is 2.19. The van der Waals surface area contributed by atoms with E-state index in [1.54, 1.807) is 32.0 Å². The second kappa shape index (κ2) is 5.72. The monoisotopic (exact) mass is 332 g/mol. The molecule has 0 unspecified atom stereocenters. The Labute approximate surface area is 136 Å². The van der Waals surface area contributed by atoms with E-state index in [0.717, 1.165) is 6.20 Å². The molecule has 0 aliphatic rings. The molecule has 0 bridgehead atoms. The fourth-order valence-corrected chi connectivity index (χ4v) is 2.72. The largest absolute Gasteiger partial charge is 0.322 e. The second-order valence-corrected chi connectivity index (χ2v) is 5.70. The number of hydrogen-bond acceptors (Lipinski definition) is 4.